The molecule has 0 radical (unpaired) electrons. The number of halogens is 1. The first kappa shape index (κ1) is 16.0. The molecule has 1 aromatic rings. The Hall–Kier alpha value is -1.40. The van der Waals surface area contributed by atoms with Crippen molar-refractivity contribution in [2.75, 3.05) is 37.7 Å². The molecule has 0 aromatic heterocycles. The summed E-state index contributed by atoms with van der Waals surface area (Å²) < 4.78 is 6.16. The minimum Gasteiger partial charge on any atom is -0.378 e. The molecular formula is C15H19BrN2O3. The first-order chi connectivity index (χ1) is 9.99. The highest BCUT2D eigenvalue weighted by atomic mass is 79.9. The minimum atomic E-state index is -0.146. The van der Waals surface area contributed by atoms with E-state index in [0.717, 1.165) is 15.7 Å². The number of morpholine rings is 1. The Kier molecular flexibility index (Phi) is 5.36. The molecule has 0 spiro atoms. The lowest BCUT2D eigenvalue weighted by molar-refractivity contribution is -0.134. The van der Waals surface area contributed by atoms with Gasteiger partial charge < -0.3 is 14.5 Å². The van der Waals surface area contributed by atoms with Crippen LogP contribution in [0.1, 0.15) is 12.5 Å². The number of aryl methyl sites for hydroxylation is 1. The van der Waals surface area contributed by atoms with E-state index in [1.54, 1.807) is 4.90 Å². The number of hydrogen-bond donors (Lipinski definition) is 0. The van der Waals surface area contributed by atoms with Crippen LogP contribution in [0.15, 0.2) is 22.7 Å². The summed E-state index contributed by atoms with van der Waals surface area (Å²) in [6, 6.07) is 5.64. The third-order valence-corrected chi connectivity index (χ3v) is 4.36. The van der Waals surface area contributed by atoms with Gasteiger partial charge >= 0.3 is 0 Å². The second-order valence-electron chi connectivity index (χ2n) is 5.03. The van der Waals surface area contributed by atoms with Crippen molar-refractivity contribution in [3.63, 3.8) is 0 Å². The zero-order valence-electron chi connectivity index (χ0n) is 12.3. The van der Waals surface area contributed by atoms with Gasteiger partial charge in [0.25, 0.3) is 0 Å². The summed E-state index contributed by atoms with van der Waals surface area (Å²) in [7, 11) is 0. The molecule has 1 saturated heterocycles. The average Bonchev–Trinajstić information content (AvgIpc) is 2.48. The first-order valence-corrected chi connectivity index (χ1v) is 7.68. The van der Waals surface area contributed by atoms with Gasteiger partial charge in [-0.2, -0.15) is 0 Å². The smallest absolute Gasteiger partial charge is 0.242 e. The predicted octanol–water partition coefficient (Wildman–Crippen LogP) is 1.97. The monoisotopic (exact) mass is 354 g/mol. The number of ether oxygens (including phenoxy) is 1. The highest BCUT2D eigenvalue weighted by Gasteiger charge is 2.22. The molecule has 1 aliphatic heterocycles. The van der Waals surface area contributed by atoms with E-state index in [1.165, 1.54) is 11.8 Å². The van der Waals surface area contributed by atoms with E-state index in [2.05, 4.69) is 15.9 Å². The van der Waals surface area contributed by atoms with Crippen LogP contribution in [0.5, 0.6) is 0 Å². The Morgan fingerprint density at radius 2 is 2.00 bits per heavy atom. The Morgan fingerprint density at radius 3 is 2.57 bits per heavy atom. The van der Waals surface area contributed by atoms with E-state index in [9.17, 15) is 9.59 Å². The maximum absolute atomic E-state index is 12.3. The molecule has 2 rings (SSSR count). The standard InChI is InChI=1S/C15H19BrN2O3/c1-11-3-4-13(9-14(11)16)18(12(2)19)10-15(20)17-5-7-21-8-6-17/h3-4,9H,5-8,10H2,1-2H3. The second-order valence-corrected chi connectivity index (χ2v) is 5.89. The van der Waals surface area contributed by atoms with Crippen LogP contribution in [0.4, 0.5) is 5.69 Å². The van der Waals surface area contributed by atoms with Gasteiger partial charge in [-0.25, -0.2) is 0 Å². The highest BCUT2D eigenvalue weighted by Crippen LogP contribution is 2.24. The van der Waals surface area contributed by atoms with Crippen LogP contribution in [0.3, 0.4) is 0 Å². The lowest BCUT2D eigenvalue weighted by Gasteiger charge is -2.29. The zero-order valence-corrected chi connectivity index (χ0v) is 13.9. The Balaban J connectivity index is 2.13. The number of carbonyl (C=O) groups excluding carboxylic acids is 2. The SMILES string of the molecule is CC(=O)N(CC(=O)N1CCOCC1)c1ccc(C)c(Br)c1. The van der Waals surface area contributed by atoms with E-state index >= 15 is 0 Å². The van der Waals surface area contributed by atoms with Gasteiger partial charge in [0.2, 0.25) is 11.8 Å². The van der Waals surface area contributed by atoms with Gasteiger partial charge in [-0.1, -0.05) is 22.0 Å². The normalized spacial score (nSPS) is 14.9. The molecule has 0 aliphatic carbocycles. The molecule has 6 heteroatoms. The number of amides is 2. The summed E-state index contributed by atoms with van der Waals surface area (Å²) in [5, 5.41) is 0. The van der Waals surface area contributed by atoms with Crippen molar-refractivity contribution in [2.45, 2.75) is 13.8 Å². The topological polar surface area (TPSA) is 49.9 Å². The van der Waals surface area contributed by atoms with Crippen molar-refractivity contribution in [1.82, 2.24) is 4.90 Å². The predicted molar refractivity (Wildman–Crippen MR) is 84.3 cm³/mol. The van der Waals surface area contributed by atoms with Crippen LogP contribution in [0, 0.1) is 6.92 Å². The Morgan fingerprint density at radius 1 is 1.33 bits per heavy atom. The molecule has 0 atom stereocenters. The van der Waals surface area contributed by atoms with Crippen LogP contribution < -0.4 is 4.90 Å². The van der Waals surface area contributed by atoms with Gasteiger partial charge in [0.15, 0.2) is 0 Å². The molecule has 5 nitrogen and oxygen atoms in total. The molecule has 1 fully saturated rings. The van der Waals surface area contributed by atoms with Gasteiger partial charge in [-0.05, 0) is 24.6 Å². The van der Waals surface area contributed by atoms with E-state index in [4.69, 9.17) is 4.74 Å². The quantitative estimate of drug-likeness (QED) is 0.833. The molecule has 0 bridgehead atoms. The number of benzene rings is 1. The summed E-state index contributed by atoms with van der Waals surface area (Å²) in [5.74, 6) is -0.197. The van der Waals surface area contributed by atoms with E-state index in [1.807, 2.05) is 25.1 Å². The van der Waals surface area contributed by atoms with E-state index < -0.39 is 0 Å². The van der Waals surface area contributed by atoms with Crippen LogP contribution >= 0.6 is 15.9 Å². The average molecular weight is 355 g/mol. The second kappa shape index (κ2) is 7.04. The Labute approximate surface area is 133 Å². The maximum atomic E-state index is 12.3. The maximum Gasteiger partial charge on any atom is 0.242 e. The van der Waals surface area contributed by atoms with E-state index in [0.29, 0.717) is 26.3 Å². The number of hydrogen-bond acceptors (Lipinski definition) is 3. The summed E-state index contributed by atoms with van der Waals surface area (Å²) in [6.45, 7) is 5.80. The van der Waals surface area contributed by atoms with Gasteiger partial charge in [0.1, 0.15) is 6.54 Å². The molecule has 1 aromatic carbocycles. The van der Waals surface area contributed by atoms with Crippen molar-refractivity contribution in [1.29, 1.82) is 0 Å². The summed E-state index contributed by atoms with van der Waals surface area (Å²) >= 11 is 3.46. The van der Waals surface area contributed by atoms with Gasteiger partial charge in [-0.15, -0.1) is 0 Å². The highest BCUT2D eigenvalue weighted by molar-refractivity contribution is 9.10. The number of anilines is 1. The first-order valence-electron chi connectivity index (χ1n) is 6.89. The van der Waals surface area contributed by atoms with Gasteiger partial charge in [0, 0.05) is 30.2 Å². The molecule has 21 heavy (non-hydrogen) atoms. The molecule has 0 saturated carbocycles. The Bertz CT molecular complexity index is 542. The lowest BCUT2D eigenvalue weighted by Crippen LogP contribution is -2.46. The van der Waals surface area contributed by atoms with Crippen molar-refractivity contribution in [3.8, 4) is 0 Å². The van der Waals surface area contributed by atoms with Gasteiger partial charge in [-0.3, -0.25) is 9.59 Å². The van der Waals surface area contributed by atoms with Crippen LogP contribution in [0.2, 0.25) is 0 Å². The van der Waals surface area contributed by atoms with Crippen LogP contribution in [-0.4, -0.2) is 49.6 Å². The van der Waals surface area contributed by atoms with Crippen molar-refractivity contribution >= 4 is 33.4 Å². The van der Waals surface area contributed by atoms with Crippen molar-refractivity contribution in [3.05, 3.63) is 28.2 Å². The summed E-state index contributed by atoms with van der Waals surface area (Å²) in [6.07, 6.45) is 0. The zero-order chi connectivity index (χ0) is 15.4. The number of nitrogens with zero attached hydrogens (tertiary/aromatic N) is 2. The van der Waals surface area contributed by atoms with Crippen molar-refractivity contribution in [2.24, 2.45) is 0 Å². The number of carbonyl (C=O) groups is 2. The molecule has 2 amide bonds. The molecule has 1 heterocycles. The fraction of sp³-hybridized carbons (Fsp3) is 0.467. The molecule has 114 valence electrons. The lowest BCUT2D eigenvalue weighted by atomic mass is 10.2. The van der Waals surface area contributed by atoms with Gasteiger partial charge in [0.05, 0.1) is 13.2 Å². The molecule has 0 unspecified atom stereocenters. The summed E-state index contributed by atoms with van der Waals surface area (Å²) in [4.78, 5) is 27.4. The van der Waals surface area contributed by atoms with E-state index in [-0.39, 0.29) is 18.4 Å². The van der Waals surface area contributed by atoms with Crippen molar-refractivity contribution < 1.29 is 14.3 Å². The van der Waals surface area contributed by atoms with Crippen LogP contribution in [0.25, 0.3) is 0 Å². The summed E-state index contributed by atoms with van der Waals surface area (Å²) in [5.41, 5.74) is 1.81. The third kappa shape index (κ3) is 4.04. The fourth-order valence-electron chi connectivity index (χ4n) is 2.18. The van der Waals surface area contributed by atoms with Crippen LogP contribution in [-0.2, 0) is 14.3 Å². The minimum absolute atomic E-state index is 0.0507. The fourth-order valence-corrected chi connectivity index (χ4v) is 2.55. The largest absolute Gasteiger partial charge is 0.378 e. The molecular weight excluding hydrogens is 336 g/mol. The molecule has 1 aliphatic rings. The number of rotatable bonds is 3. The third-order valence-electron chi connectivity index (χ3n) is 3.50. The molecule has 0 N–H and O–H groups in total.